The Balaban J connectivity index is 1.55. The van der Waals surface area contributed by atoms with Gasteiger partial charge in [0.1, 0.15) is 0 Å². The normalized spacial score (nSPS) is 11.6. The zero-order valence-corrected chi connectivity index (χ0v) is 12.3. The van der Waals surface area contributed by atoms with Gasteiger partial charge in [0.25, 0.3) is 5.91 Å². The summed E-state index contributed by atoms with van der Waals surface area (Å²) in [6, 6.07) is 14.4. The maximum Gasteiger partial charge on any atom is 0.269 e. The predicted octanol–water partition coefficient (Wildman–Crippen LogP) is 2.05. The molecule has 0 bridgehead atoms. The summed E-state index contributed by atoms with van der Waals surface area (Å²) in [7, 11) is 0. The molecule has 0 aliphatic carbocycles. The second kappa shape index (κ2) is 6.31. The number of hydrogen-bond acceptors (Lipinski definition) is 4. The number of hydrazine groups is 1. The van der Waals surface area contributed by atoms with Crippen LogP contribution in [0.3, 0.4) is 0 Å². The Morgan fingerprint density at radius 2 is 1.77 bits per heavy atom. The van der Waals surface area contributed by atoms with E-state index in [2.05, 4.69) is 16.2 Å². The molecule has 3 N–H and O–H groups in total. The topological polar surface area (TPSA) is 71.6 Å². The Kier molecular flexibility index (Phi) is 4.06. The molecule has 0 unspecified atom stereocenters. The molecule has 1 aliphatic rings. The highest BCUT2D eigenvalue weighted by molar-refractivity contribution is 7.80. The first-order valence-electron chi connectivity index (χ1n) is 6.54. The average Bonchev–Trinajstić information content (AvgIpc) is 3.01. The van der Waals surface area contributed by atoms with E-state index in [1.165, 1.54) is 0 Å². The molecule has 1 aliphatic heterocycles. The zero-order chi connectivity index (χ0) is 15.4. The number of rotatable bonds is 2. The van der Waals surface area contributed by atoms with Gasteiger partial charge in [-0.05, 0) is 42.5 Å². The van der Waals surface area contributed by atoms with E-state index in [4.69, 9.17) is 21.7 Å². The first-order valence-corrected chi connectivity index (χ1v) is 6.95. The Labute approximate surface area is 132 Å². The maximum absolute atomic E-state index is 12.0. The number of nitrogens with one attached hydrogen (secondary N) is 3. The summed E-state index contributed by atoms with van der Waals surface area (Å²) < 4.78 is 10.4. The number of fused-ring (bicyclic) bond motifs is 1. The number of para-hydroxylation sites is 1. The van der Waals surface area contributed by atoms with Gasteiger partial charge < -0.3 is 14.8 Å². The van der Waals surface area contributed by atoms with Crippen LogP contribution in [0.25, 0.3) is 0 Å². The molecule has 112 valence electrons. The molecule has 1 amide bonds. The lowest BCUT2D eigenvalue weighted by Gasteiger charge is -2.11. The van der Waals surface area contributed by atoms with Crippen LogP contribution in [0.5, 0.6) is 11.5 Å². The minimum Gasteiger partial charge on any atom is -0.454 e. The highest BCUT2D eigenvalue weighted by Gasteiger charge is 2.16. The van der Waals surface area contributed by atoms with Crippen molar-refractivity contribution in [2.75, 3.05) is 12.1 Å². The second-order valence-electron chi connectivity index (χ2n) is 4.47. The standard InChI is InChI=1S/C15H13N3O3S/c19-14(10-6-7-12-13(8-10)21-9-20-12)17-18-15(22)16-11-4-2-1-3-5-11/h1-8H,9H2,(H,17,19)(H2,16,18,22). The molecule has 0 saturated carbocycles. The third-order valence-electron chi connectivity index (χ3n) is 2.96. The van der Waals surface area contributed by atoms with E-state index < -0.39 is 0 Å². The zero-order valence-electron chi connectivity index (χ0n) is 11.5. The van der Waals surface area contributed by atoms with Gasteiger partial charge in [-0.15, -0.1) is 0 Å². The van der Waals surface area contributed by atoms with Gasteiger partial charge in [0.05, 0.1) is 0 Å². The van der Waals surface area contributed by atoms with E-state index >= 15 is 0 Å². The molecule has 0 saturated heterocycles. The third-order valence-corrected chi connectivity index (χ3v) is 3.16. The third kappa shape index (κ3) is 3.26. The number of thiocarbonyl (C=S) groups is 1. The van der Waals surface area contributed by atoms with Crippen molar-refractivity contribution >= 4 is 28.9 Å². The summed E-state index contributed by atoms with van der Waals surface area (Å²) in [5, 5.41) is 3.24. The van der Waals surface area contributed by atoms with Crippen molar-refractivity contribution in [3.05, 3.63) is 54.1 Å². The molecule has 6 nitrogen and oxygen atoms in total. The lowest BCUT2D eigenvalue weighted by Crippen LogP contribution is -2.43. The molecule has 1 heterocycles. The number of carbonyl (C=O) groups excluding carboxylic acids is 1. The number of ether oxygens (including phenoxy) is 2. The van der Waals surface area contributed by atoms with Crippen LogP contribution in [0, 0.1) is 0 Å². The number of benzene rings is 2. The van der Waals surface area contributed by atoms with Gasteiger partial charge in [0.15, 0.2) is 16.6 Å². The van der Waals surface area contributed by atoms with Crippen molar-refractivity contribution in [3.63, 3.8) is 0 Å². The molecular formula is C15H13N3O3S. The number of hydrogen-bond donors (Lipinski definition) is 3. The quantitative estimate of drug-likeness (QED) is 0.582. The fourth-order valence-corrected chi connectivity index (χ4v) is 2.08. The maximum atomic E-state index is 12.0. The van der Waals surface area contributed by atoms with E-state index in [1.807, 2.05) is 30.3 Å². The number of anilines is 1. The lowest BCUT2D eigenvalue weighted by molar-refractivity contribution is 0.0943. The number of amides is 1. The first-order chi connectivity index (χ1) is 10.7. The minimum absolute atomic E-state index is 0.170. The molecule has 3 rings (SSSR count). The highest BCUT2D eigenvalue weighted by Crippen LogP contribution is 2.32. The van der Waals surface area contributed by atoms with Crippen molar-refractivity contribution < 1.29 is 14.3 Å². The Morgan fingerprint density at radius 1 is 1.00 bits per heavy atom. The van der Waals surface area contributed by atoms with Gasteiger partial charge in [-0.25, -0.2) is 0 Å². The van der Waals surface area contributed by atoms with Crippen molar-refractivity contribution in [1.29, 1.82) is 0 Å². The molecule has 2 aromatic carbocycles. The highest BCUT2D eigenvalue weighted by atomic mass is 32.1. The number of carbonyl (C=O) groups is 1. The molecule has 0 atom stereocenters. The largest absolute Gasteiger partial charge is 0.454 e. The van der Waals surface area contributed by atoms with Gasteiger partial charge in [0, 0.05) is 11.3 Å². The van der Waals surface area contributed by atoms with Crippen molar-refractivity contribution in [1.82, 2.24) is 10.9 Å². The Hall–Kier alpha value is -2.80. The van der Waals surface area contributed by atoms with Crippen LogP contribution in [0.1, 0.15) is 10.4 Å². The molecule has 22 heavy (non-hydrogen) atoms. The Morgan fingerprint density at radius 3 is 2.59 bits per heavy atom. The van der Waals surface area contributed by atoms with Crippen LogP contribution >= 0.6 is 12.2 Å². The van der Waals surface area contributed by atoms with Crippen molar-refractivity contribution in [2.45, 2.75) is 0 Å². The summed E-state index contributed by atoms with van der Waals surface area (Å²) in [4.78, 5) is 12.0. The summed E-state index contributed by atoms with van der Waals surface area (Å²) in [5.41, 5.74) is 6.44. The molecular weight excluding hydrogens is 302 g/mol. The molecule has 0 aromatic heterocycles. The van der Waals surface area contributed by atoms with E-state index in [9.17, 15) is 4.79 Å². The van der Waals surface area contributed by atoms with E-state index in [1.54, 1.807) is 18.2 Å². The van der Waals surface area contributed by atoms with Crippen LogP contribution in [0.15, 0.2) is 48.5 Å². The fraction of sp³-hybridized carbons (Fsp3) is 0.0667. The molecule has 2 aromatic rings. The second-order valence-corrected chi connectivity index (χ2v) is 4.88. The summed E-state index contributed by atoms with van der Waals surface area (Å²) in [6.07, 6.45) is 0. The Bertz CT molecular complexity index is 706. The molecule has 0 radical (unpaired) electrons. The molecule has 7 heteroatoms. The summed E-state index contributed by atoms with van der Waals surface area (Å²) >= 11 is 5.10. The predicted molar refractivity (Wildman–Crippen MR) is 85.8 cm³/mol. The van der Waals surface area contributed by atoms with Crippen LogP contribution in [0.2, 0.25) is 0 Å². The van der Waals surface area contributed by atoms with Crippen molar-refractivity contribution in [2.24, 2.45) is 0 Å². The van der Waals surface area contributed by atoms with Crippen LogP contribution < -0.4 is 25.6 Å². The van der Waals surface area contributed by atoms with Gasteiger partial charge in [-0.2, -0.15) is 0 Å². The van der Waals surface area contributed by atoms with Crippen LogP contribution in [-0.4, -0.2) is 17.8 Å². The van der Waals surface area contributed by atoms with E-state index in [0.717, 1.165) is 5.69 Å². The smallest absolute Gasteiger partial charge is 0.269 e. The van der Waals surface area contributed by atoms with Gasteiger partial charge in [-0.3, -0.25) is 15.6 Å². The summed E-state index contributed by atoms with van der Waals surface area (Å²) in [6.45, 7) is 0.170. The van der Waals surface area contributed by atoms with Gasteiger partial charge >= 0.3 is 0 Å². The monoisotopic (exact) mass is 315 g/mol. The SMILES string of the molecule is O=C(NNC(=S)Nc1ccccc1)c1ccc2c(c1)OCO2. The molecule has 0 spiro atoms. The van der Waals surface area contributed by atoms with Gasteiger partial charge in [0.2, 0.25) is 6.79 Å². The average molecular weight is 315 g/mol. The minimum atomic E-state index is -0.324. The van der Waals surface area contributed by atoms with Crippen LogP contribution in [-0.2, 0) is 0 Å². The van der Waals surface area contributed by atoms with Crippen LogP contribution in [0.4, 0.5) is 5.69 Å². The van der Waals surface area contributed by atoms with E-state index in [-0.39, 0.29) is 12.7 Å². The first kappa shape index (κ1) is 14.2. The summed E-state index contributed by atoms with van der Waals surface area (Å²) in [5.74, 6) is 0.860. The van der Waals surface area contributed by atoms with E-state index in [0.29, 0.717) is 22.2 Å². The van der Waals surface area contributed by atoms with Crippen molar-refractivity contribution in [3.8, 4) is 11.5 Å². The van der Waals surface area contributed by atoms with Gasteiger partial charge in [-0.1, -0.05) is 18.2 Å². The lowest BCUT2D eigenvalue weighted by atomic mass is 10.2. The fourth-order valence-electron chi connectivity index (χ4n) is 1.91. The molecule has 0 fully saturated rings.